The number of ether oxygens (including phenoxy) is 1. The van der Waals surface area contributed by atoms with Gasteiger partial charge in [-0.2, -0.15) is 5.10 Å². The van der Waals surface area contributed by atoms with Crippen LogP contribution in [-0.4, -0.2) is 21.7 Å². The average Bonchev–Trinajstić information content (AvgIpc) is 3.32. The van der Waals surface area contributed by atoms with Crippen LogP contribution in [0.3, 0.4) is 0 Å². The summed E-state index contributed by atoms with van der Waals surface area (Å²) in [6, 6.07) is 10.3. The number of hydrogen-bond acceptors (Lipinski definition) is 5. The van der Waals surface area contributed by atoms with Crippen molar-refractivity contribution in [2.45, 2.75) is 20.1 Å². The first kappa shape index (κ1) is 16.5. The van der Waals surface area contributed by atoms with Crippen LogP contribution in [0.15, 0.2) is 59.5 Å². The number of carbonyl (C=O) groups excluding carboxylic acids is 2. The summed E-state index contributed by atoms with van der Waals surface area (Å²) in [7, 11) is 0. The number of amides is 1. The molecule has 3 rings (SSSR count). The van der Waals surface area contributed by atoms with E-state index in [4.69, 9.17) is 9.15 Å². The van der Waals surface area contributed by atoms with E-state index in [2.05, 4.69) is 10.4 Å². The van der Waals surface area contributed by atoms with Gasteiger partial charge in [-0.1, -0.05) is 18.2 Å². The summed E-state index contributed by atoms with van der Waals surface area (Å²) in [5.41, 5.74) is 1.62. The maximum absolute atomic E-state index is 12.1. The Morgan fingerprint density at radius 3 is 2.80 bits per heavy atom. The van der Waals surface area contributed by atoms with Crippen LogP contribution in [0, 0.1) is 0 Å². The number of aromatic nitrogens is 2. The SMILES string of the molecule is CCn1cc(C(=O)OCc2ccccc2NC(=O)c2ccco2)cn1. The van der Waals surface area contributed by atoms with Crippen molar-refractivity contribution < 1.29 is 18.7 Å². The molecule has 7 nitrogen and oxygen atoms in total. The van der Waals surface area contributed by atoms with Crippen LogP contribution >= 0.6 is 0 Å². The molecular weight excluding hydrogens is 322 g/mol. The van der Waals surface area contributed by atoms with Gasteiger partial charge in [0.1, 0.15) is 6.61 Å². The minimum Gasteiger partial charge on any atom is -0.459 e. The molecule has 0 fully saturated rings. The van der Waals surface area contributed by atoms with Gasteiger partial charge in [0.25, 0.3) is 5.91 Å². The maximum Gasteiger partial charge on any atom is 0.341 e. The Morgan fingerprint density at radius 1 is 1.24 bits per heavy atom. The van der Waals surface area contributed by atoms with E-state index in [1.54, 1.807) is 47.3 Å². The van der Waals surface area contributed by atoms with E-state index in [1.165, 1.54) is 12.5 Å². The molecule has 3 aromatic rings. The summed E-state index contributed by atoms with van der Waals surface area (Å²) in [4.78, 5) is 24.2. The van der Waals surface area contributed by atoms with Crippen molar-refractivity contribution in [1.29, 1.82) is 0 Å². The molecule has 0 spiro atoms. The lowest BCUT2D eigenvalue weighted by Gasteiger charge is -2.10. The molecule has 2 heterocycles. The number of nitrogens with one attached hydrogen (secondary N) is 1. The van der Waals surface area contributed by atoms with Crippen LogP contribution in [0.2, 0.25) is 0 Å². The van der Waals surface area contributed by atoms with Gasteiger partial charge in [-0.3, -0.25) is 9.48 Å². The standard InChI is InChI=1S/C18H17N3O4/c1-2-21-11-14(10-19-21)18(23)25-12-13-6-3-4-7-15(13)20-17(22)16-8-5-9-24-16/h3-11H,2,12H2,1H3,(H,20,22). The van der Waals surface area contributed by atoms with Crippen molar-refractivity contribution in [2.24, 2.45) is 0 Å². The molecule has 0 saturated carbocycles. The largest absolute Gasteiger partial charge is 0.459 e. The molecule has 0 aliphatic rings. The molecule has 25 heavy (non-hydrogen) atoms. The summed E-state index contributed by atoms with van der Waals surface area (Å²) in [5, 5.41) is 6.79. The second-order valence-electron chi connectivity index (χ2n) is 5.25. The van der Waals surface area contributed by atoms with Crippen LogP contribution in [-0.2, 0) is 17.9 Å². The third-order valence-corrected chi connectivity index (χ3v) is 3.56. The van der Waals surface area contributed by atoms with Crippen molar-refractivity contribution in [1.82, 2.24) is 9.78 Å². The molecule has 0 aliphatic heterocycles. The van der Waals surface area contributed by atoms with Gasteiger partial charge in [-0.25, -0.2) is 4.79 Å². The summed E-state index contributed by atoms with van der Waals surface area (Å²) < 4.78 is 12.0. The molecule has 0 unspecified atom stereocenters. The quantitative estimate of drug-likeness (QED) is 0.697. The number of aryl methyl sites for hydroxylation is 1. The zero-order chi connectivity index (χ0) is 17.6. The fourth-order valence-corrected chi connectivity index (χ4v) is 2.23. The highest BCUT2D eigenvalue weighted by atomic mass is 16.5. The zero-order valence-electron chi connectivity index (χ0n) is 13.6. The molecule has 128 valence electrons. The van der Waals surface area contributed by atoms with Crippen LogP contribution in [0.4, 0.5) is 5.69 Å². The summed E-state index contributed by atoms with van der Waals surface area (Å²) >= 11 is 0. The first-order valence-corrected chi connectivity index (χ1v) is 7.79. The van der Waals surface area contributed by atoms with Crippen LogP contribution in [0.1, 0.15) is 33.4 Å². The lowest BCUT2D eigenvalue weighted by atomic mass is 10.2. The van der Waals surface area contributed by atoms with E-state index < -0.39 is 5.97 Å². The number of anilines is 1. The molecule has 0 aliphatic carbocycles. The molecule has 1 aromatic carbocycles. The molecule has 7 heteroatoms. The van der Waals surface area contributed by atoms with Crippen molar-refractivity contribution in [3.63, 3.8) is 0 Å². The average molecular weight is 339 g/mol. The Hall–Kier alpha value is -3.35. The molecule has 1 N–H and O–H groups in total. The van der Waals surface area contributed by atoms with E-state index in [0.717, 1.165) is 0 Å². The highest BCUT2D eigenvalue weighted by Crippen LogP contribution is 2.18. The number of furan rings is 1. The van der Waals surface area contributed by atoms with Gasteiger partial charge >= 0.3 is 5.97 Å². The second-order valence-corrected chi connectivity index (χ2v) is 5.25. The van der Waals surface area contributed by atoms with Gasteiger partial charge in [-0.05, 0) is 25.1 Å². The Morgan fingerprint density at radius 2 is 2.08 bits per heavy atom. The minimum atomic E-state index is -0.466. The Kier molecular flexibility index (Phi) is 4.94. The number of para-hydroxylation sites is 1. The third-order valence-electron chi connectivity index (χ3n) is 3.56. The fourth-order valence-electron chi connectivity index (χ4n) is 2.23. The van der Waals surface area contributed by atoms with E-state index >= 15 is 0 Å². The Labute approximate surface area is 144 Å². The first-order chi connectivity index (χ1) is 12.2. The van der Waals surface area contributed by atoms with Gasteiger partial charge < -0.3 is 14.5 Å². The molecule has 0 bridgehead atoms. The van der Waals surface area contributed by atoms with Crippen LogP contribution in [0.25, 0.3) is 0 Å². The molecular formula is C18H17N3O4. The van der Waals surface area contributed by atoms with E-state index in [1.807, 2.05) is 6.92 Å². The number of esters is 1. The highest BCUT2D eigenvalue weighted by molar-refractivity contribution is 6.02. The van der Waals surface area contributed by atoms with Gasteiger partial charge in [0.05, 0.1) is 18.0 Å². The van der Waals surface area contributed by atoms with Crippen molar-refractivity contribution in [3.8, 4) is 0 Å². The predicted molar refractivity (Wildman–Crippen MR) is 90.1 cm³/mol. The van der Waals surface area contributed by atoms with E-state index in [-0.39, 0.29) is 18.3 Å². The summed E-state index contributed by atoms with van der Waals surface area (Å²) in [6.07, 6.45) is 4.53. The minimum absolute atomic E-state index is 0.0325. The van der Waals surface area contributed by atoms with Gasteiger partial charge in [-0.15, -0.1) is 0 Å². The third kappa shape index (κ3) is 3.95. The van der Waals surface area contributed by atoms with Gasteiger partial charge in [0, 0.05) is 24.0 Å². The lowest BCUT2D eigenvalue weighted by Crippen LogP contribution is -2.13. The lowest BCUT2D eigenvalue weighted by molar-refractivity contribution is 0.0473. The zero-order valence-corrected chi connectivity index (χ0v) is 13.6. The number of nitrogens with zero attached hydrogens (tertiary/aromatic N) is 2. The predicted octanol–water partition coefficient (Wildman–Crippen LogP) is 3.11. The summed E-state index contributed by atoms with van der Waals surface area (Å²) in [6.45, 7) is 2.64. The topological polar surface area (TPSA) is 86.4 Å². The van der Waals surface area contributed by atoms with Crippen molar-refractivity contribution in [3.05, 3.63) is 71.9 Å². The summed E-state index contributed by atoms with van der Waals surface area (Å²) in [5.74, 6) is -0.626. The molecule has 1 amide bonds. The Balaban J connectivity index is 1.66. The fraction of sp³-hybridized carbons (Fsp3) is 0.167. The van der Waals surface area contributed by atoms with Gasteiger partial charge in [0.2, 0.25) is 0 Å². The number of rotatable bonds is 6. The van der Waals surface area contributed by atoms with Crippen LogP contribution in [0.5, 0.6) is 0 Å². The molecule has 0 radical (unpaired) electrons. The number of hydrogen-bond donors (Lipinski definition) is 1. The normalized spacial score (nSPS) is 10.4. The second kappa shape index (κ2) is 7.48. The Bertz CT molecular complexity index is 868. The van der Waals surface area contributed by atoms with Gasteiger partial charge in [0.15, 0.2) is 5.76 Å². The number of benzene rings is 1. The number of carbonyl (C=O) groups is 2. The monoisotopic (exact) mass is 339 g/mol. The smallest absolute Gasteiger partial charge is 0.341 e. The first-order valence-electron chi connectivity index (χ1n) is 7.79. The van der Waals surface area contributed by atoms with Crippen molar-refractivity contribution >= 4 is 17.6 Å². The molecule has 0 saturated heterocycles. The van der Waals surface area contributed by atoms with Crippen LogP contribution < -0.4 is 5.32 Å². The maximum atomic E-state index is 12.1. The highest BCUT2D eigenvalue weighted by Gasteiger charge is 2.14. The van der Waals surface area contributed by atoms with E-state index in [9.17, 15) is 9.59 Å². The molecule has 0 atom stereocenters. The molecule has 2 aromatic heterocycles. The van der Waals surface area contributed by atoms with E-state index in [0.29, 0.717) is 23.4 Å². The van der Waals surface area contributed by atoms with Crippen molar-refractivity contribution in [2.75, 3.05) is 5.32 Å².